The lowest BCUT2D eigenvalue weighted by molar-refractivity contribution is -0.0205. The first-order chi connectivity index (χ1) is 5.17. The van der Waals surface area contributed by atoms with Crippen LogP contribution in [0.2, 0.25) is 0 Å². The maximum atomic E-state index is 9.79. The highest BCUT2D eigenvalue weighted by Crippen LogP contribution is 2.30. The van der Waals surface area contributed by atoms with Crippen molar-refractivity contribution >= 4 is 0 Å². The van der Waals surface area contributed by atoms with Crippen LogP contribution in [0.5, 0.6) is 0 Å². The van der Waals surface area contributed by atoms with Gasteiger partial charge in [0.2, 0.25) is 0 Å². The quantitative estimate of drug-likeness (QED) is 0.449. The van der Waals surface area contributed by atoms with E-state index in [4.69, 9.17) is 5.73 Å². The van der Waals surface area contributed by atoms with Gasteiger partial charge in [-0.2, -0.15) is 0 Å². The molecule has 0 spiro atoms. The first-order valence-corrected chi connectivity index (χ1v) is 4.68. The summed E-state index contributed by atoms with van der Waals surface area (Å²) < 4.78 is 0. The molecule has 1 rings (SSSR count). The Morgan fingerprint density at radius 1 is 1.45 bits per heavy atom. The summed E-state index contributed by atoms with van der Waals surface area (Å²) in [4.78, 5) is 0. The predicted octanol–water partition coefficient (Wildman–Crippen LogP) is 1.62. The van der Waals surface area contributed by atoms with Crippen LogP contribution in [0, 0.1) is 5.92 Å². The molecule has 0 heterocycles. The molecule has 2 unspecified atom stereocenters. The first kappa shape index (κ1) is 9.01. The van der Waals surface area contributed by atoms with Crippen LogP contribution in [0.1, 0.15) is 45.4 Å². The van der Waals surface area contributed by atoms with Crippen molar-refractivity contribution in [1.82, 2.24) is 0 Å². The monoisotopic (exact) mass is 157 g/mol. The molecule has 2 nitrogen and oxygen atoms in total. The molecule has 1 saturated carbocycles. The van der Waals surface area contributed by atoms with Crippen molar-refractivity contribution in [1.29, 1.82) is 0 Å². The van der Waals surface area contributed by atoms with Gasteiger partial charge in [0.15, 0.2) is 0 Å². The number of hydrogen-bond acceptors (Lipinski definition) is 2. The molecule has 2 heteroatoms. The Hall–Kier alpha value is -0.0800. The fraction of sp³-hybridized carbons (Fsp3) is 1.00. The molecule has 3 N–H and O–H groups in total. The second kappa shape index (κ2) is 3.55. The summed E-state index contributed by atoms with van der Waals surface area (Å²) in [5.41, 5.74) is 4.92. The van der Waals surface area contributed by atoms with E-state index in [1.165, 1.54) is 12.8 Å². The van der Waals surface area contributed by atoms with E-state index < -0.39 is 5.72 Å². The predicted molar refractivity (Wildman–Crippen MR) is 46.0 cm³/mol. The Kier molecular flexibility index (Phi) is 2.90. The lowest BCUT2D eigenvalue weighted by Crippen LogP contribution is -2.46. The number of aliphatic hydroxyl groups is 1. The van der Waals surface area contributed by atoms with E-state index in [0.717, 1.165) is 25.7 Å². The molecule has 0 aromatic heterocycles. The third kappa shape index (κ3) is 2.17. The van der Waals surface area contributed by atoms with Gasteiger partial charge in [0.25, 0.3) is 0 Å². The van der Waals surface area contributed by atoms with Crippen molar-refractivity contribution in [2.45, 2.75) is 51.2 Å². The molecule has 0 saturated heterocycles. The van der Waals surface area contributed by atoms with Gasteiger partial charge in [0.05, 0.1) is 0 Å². The SMILES string of the molecule is CCC1CCCCCC1(N)O. The van der Waals surface area contributed by atoms with Crippen LogP contribution < -0.4 is 5.73 Å². The molecule has 11 heavy (non-hydrogen) atoms. The molecule has 0 aliphatic heterocycles. The van der Waals surface area contributed by atoms with Crippen molar-refractivity contribution < 1.29 is 5.11 Å². The lowest BCUT2D eigenvalue weighted by atomic mass is 9.89. The Labute approximate surface area is 68.8 Å². The zero-order valence-electron chi connectivity index (χ0n) is 7.34. The van der Waals surface area contributed by atoms with Crippen molar-refractivity contribution in [3.05, 3.63) is 0 Å². The standard InChI is InChI=1S/C9H19NO/c1-2-8-6-4-3-5-7-9(8,10)11/h8,11H,2-7,10H2,1H3. The van der Waals surface area contributed by atoms with Gasteiger partial charge < -0.3 is 10.8 Å². The highest BCUT2D eigenvalue weighted by atomic mass is 16.3. The minimum Gasteiger partial charge on any atom is -0.376 e. The molecule has 1 aliphatic rings. The maximum Gasteiger partial charge on any atom is 0.116 e. The van der Waals surface area contributed by atoms with Crippen molar-refractivity contribution in [3.8, 4) is 0 Å². The zero-order chi connectivity index (χ0) is 8.32. The van der Waals surface area contributed by atoms with Crippen molar-refractivity contribution in [3.63, 3.8) is 0 Å². The number of rotatable bonds is 1. The summed E-state index contributed by atoms with van der Waals surface area (Å²) in [6.45, 7) is 2.10. The van der Waals surface area contributed by atoms with Gasteiger partial charge in [-0.15, -0.1) is 0 Å². The van der Waals surface area contributed by atoms with Gasteiger partial charge in [0, 0.05) is 5.92 Å². The van der Waals surface area contributed by atoms with Crippen LogP contribution in [-0.2, 0) is 0 Å². The summed E-state index contributed by atoms with van der Waals surface area (Å²) in [5, 5.41) is 9.79. The largest absolute Gasteiger partial charge is 0.376 e. The summed E-state index contributed by atoms with van der Waals surface area (Å²) in [5.74, 6) is 0.324. The molecule has 1 aliphatic carbocycles. The van der Waals surface area contributed by atoms with Crippen LogP contribution in [0.3, 0.4) is 0 Å². The van der Waals surface area contributed by atoms with Gasteiger partial charge >= 0.3 is 0 Å². The molecule has 0 amide bonds. The molecule has 2 atom stereocenters. The Balaban J connectivity index is 2.56. The minimum absolute atomic E-state index is 0.324. The van der Waals surface area contributed by atoms with Gasteiger partial charge in [-0.25, -0.2) is 0 Å². The van der Waals surface area contributed by atoms with E-state index in [-0.39, 0.29) is 0 Å². The van der Waals surface area contributed by atoms with Crippen molar-refractivity contribution in [2.24, 2.45) is 11.7 Å². The molecule has 66 valence electrons. The van der Waals surface area contributed by atoms with Crippen LogP contribution >= 0.6 is 0 Å². The number of hydrogen-bond donors (Lipinski definition) is 2. The molecule has 0 aromatic rings. The summed E-state index contributed by atoms with van der Waals surface area (Å²) >= 11 is 0. The maximum absolute atomic E-state index is 9.79. The van der Waals surface area contributed by atoms with E-state index in [1.54, 1.807) is 0 Å². The highest BCUT2D eigenvalue weighted by molar-refractivity contribution is 4.82. The van der Waals surface area contributed by atoms with E-state index >= 15 is 0 Å². The van der Waals surface area contributed by atoms with E-state index in [9.17, 15) is 5.11 Å². The molecule has 0 aromatic carbocycles. The minimum atomic E-state index is -0.870. The van der Waals surface area contributed by atoms with Crippen LogP contribution in [0.25, 0.3) is 0 Å². The average molecular weight is 157 g/mol. The van der Waals surface area contributed by atoms with E-state index in [0.29, 0.717) is 5.92 Å². The fourth-order valence-corrected chi connectivity index (χ4v) is 1.99. The topological polar surface area (TPSA) is 46.2 Å². The smallest absolute Gasteiger partial charge is 0.116 e. The summed E-state index contributed by atoms with van der Waals surface area (Å²) in [6.07, 6.45) is 6.44. The highest BCUT2D eigenvalue weighted by Gasteiger charge is 2.31. The molecule has 1 fully saturated rings. The van der Waals surface area contributed by atoms with Gasteiger partial charge in [-0.05, 0) is 25.7 Å². The third-order valence-corrected chi connectivity index (χ3v) is 2.83. The molecular weight excluding hydrogens is 138 g/mol. The van der Waals surface area contributed by atoms with E-state index in [2.05, 4.69) is 6.92 Å². The fourth-order valence-electron chi connectivity index (χ4n) is 1.99. The summed E-state index contributed by atoms with van der Waals surface area (Å²) in [7, 11) is 0. The average Bonchev–Trinajstić information content (AvgIpc) is 2.10. The molecule has 0 bridgehead atoms. The van der Waals surface area contributed by atoms with Crippen LogP contribution in [-0.4, -0.2) is 10.8 Å². The normalized spacial score (nSPS) is 40.1. The van der Waals surface area contributed by atoms with E-state index in [1.807, 2.05) is 0 Å². The van der Waals surface area contributed by atoms with Crippen molar-refractivity contribution in [2.75, 3.05) is 0 Å². The van der Waals surface area contributed by atoms with Gasteiger partial charge in [-0.3, -0.25) is 0 Å². The first-order valence-electron chi connectivity index (χ1n) is 4.68. The Morgan fingerprint density at radius 2 is 2.18 bits per heavy atom. The second-order valence-corrected chi connectivity index (χ2v) is 3.70. The molecular formula is C9H19NO. The Morgan fingerprint density at radius 3 is 2.82 bits per heavy atom. The van der Waals surface area contributed by atoms with Crippen LogP contribution in [0.4, 0.5) is 0 Å². The Bertz CT molecular complexity index is 123. The van der Waals surface area contributed by atoms with Gasteiger partial charge in [0.1, 0.15) is 5.72 Å². The third-order valence-electron chi connectivity index (χ3n) is 2.83. The summed E-state index contributed by atoms with van der Waals surface area (Å²) in [6, 6.07) is 0. The molecule has 0 radical (unpaired) electrons. The second-order valence-electron chi connectivity index (χ2n) is 3.70. The lowest BCUT2D eigenvalue weighted by Gasteiger charge is -2.29. The van der Waals surface area contributed by atoms with Gasteiger partial charge in [-0.1, -0.05) is 19.8 Å². The number of nitrogens with two attached hydrogens (primary N) is 1. The zero-order valence-corrected chi connectivity index (χ0v) is 7.34. The van der Waals surface area contributed by atoms with Crippen LogP contribution in [0.15, 0.2) is 0 Å².